The highest BCUT2D eigenvalue weighted by Gasteiger charge is 2.16. The van der Waals surface area contributed by atoms with Gasteiger partial charge in [-0.1, -0.05) is 37.3 Å². The molecule has 3 N–H and O–H groups in total. The quantitative estimate of drug-likeness (QED) is 0.299. The van der Waals surface area contributed by atoms with Gasteiger partial charge in [-0.3, -0.25) is 4.99 Å². The van der Waals surface area contributed by atoms with Gasteiger partial charge in [0.1, 0.15) is 0 Å². The number of nitrogens with zero attached hydrogens (tertiary/aromatic N) is 1. The van der Waals surface area contributed by atoms with Crippen molar-refractivity contribution in [2.45, 2.75) is 44.3 Å². The van der Waals surface area contributed by atoms with Crippen molar-refractivity contribution in [3.63, 3.8) is 0 Å². The van der Waals surface area contributed by atoms with Gasteiger partial charge in [-0.05, 0) is 67.7 Å². The summed E-state index contributed by atoms with van der Waals surface area (Å²) in [5.74, 6) is 0. The largest absolute Gasteiger partial charge is 0.398 e. The molecule has 0 aliphatic heterocycles. The molecule has 0 amide bonds. The third-order valence-corrected chi connectivity index (χ3v) is 5.85. The van der Waals surface area contributed by atoms with Crippen LogP contribution in [0.3, 0.4) is 0 Å². The third-order valence-electron chi connectivity index (χ3n) is 4.59. The number of thioether (sulfide) groups is 1. The van der Waals surface area contributed by atoms with Crippen LogP contribution in [0.2, 0.25) is 0 Å². The van der Waals surface area contributed by atoms with Crippen molar-refractivity contribution in [1.29, 1.82) is 5.41 Å². The van der Waals surface area contributed by atoms with Crippen LogP contribution < -0.4 is 5.73 Å². The fourth-order valence-electron chi connectivity index (χ4n) is 3.01. The standard InChI is InChI=1S/C24H29N3S/c1-5-12-27-16-19(7-3)20-13-21(15-25)24(26)22(14-20)17(4)28-23-11-9-8-10-18(23)6-2/h5,7-17,25H,6,26H2,1-4H3/b12-5-,19-7-,25-15?,27-16+. The Bertz CT molecular complexity index is 910. The number of rotatable bonds is 8. The van der Waals surface area contributed by atoms with Crippen LogP contribution in [0.25, 0.3) is 5.57 Å². The van der Waals surface area contributed by atoms with Gasteiger partial charge in [0.25, 0.3) is 0 Å². The summed E-state index contributed by atoms with van der Waals surface area (Å²) in [4.78, 5) is 5.59. The molecule has 0 spiro atoms. The molecule has 0 aliphatic rings. The summed E-state index contributed by atoms with van der Waals surface area (Å²) < 4.78 is 0. The second-order valence-electron chi connectivity index (χ2n) is 6.44. The molecule has 1 atom stereocenters. The first kappa shape index (κ1) is 21.7. The van der Waals surface area contributed by atoms with Crippen LogP contribution in [-0.4, -0.2) is 12.4 Å². The Labute approximate surface area is 173 Å². The van der Waals surface area contributed by atoms with E-state index in [2.05, 4.69) is 49.2 Å². The molecular formula is C24H29N3S. The maximum absolute atomic E-state index is 7.79. The summed E-state index contributed by atoms with van der Waals surface area (Å²) in [6.07, 6.45) is 9.86. The Kier molecular flexibility index (Phi) is 8.27. The van der Waals surface area contributed by atoms with E-state index in [1.165, 1.54) is 16.7 Å². The SMILES string of the molecule is C\C=C/N=C/C(=C/C)c1cc(C=N)c(N)c(C(C)Sc2ccccc2CC)c1. The third kappa shape index (κ3) is 5.23. The summed E-state index contributed by atoms with van der Waals surface area (Å²) in [6, 6.07) is 12.6. The maximum Gasteiger partial charge on any atom is 0.0447 e. The van der Waals surface area contributed by atoms with E-state index in [0.29, 0.717) is 5.69 Å². The molecular weight excluding hydrogens is 362 g/mol. The molecule has 2 aromatic carbocycles. The molecule has 0 aliphatic carbocycles. The maximum atomic E-state index is 7.79. The number of benzene rings is 2. The van der Waals surface area contributed by atoms with E-state index >= 15 is 0 Å². The highest BCUT2D eigenvalue weighted by molar-refractivity contribution is 7.99. The van der Waals surface area contributed by atoms with Gasteiger partial charge in [0, 0.05) is 40.0 Å². The van der Waals surface area contributed by atoms with E-state index in [1.807, 2.05) is 50.0 Å². The van der Waals surface area contributed by atoms with Gasteiger partial charge in [0.15, 0.2) is 0 Å². The van der Waals surface area contributed by atoms with Crippen LogP contribution >= 0.6 is 11.8 Å². The lowest BCUT2D eigenvalue weighted by atomic mass is 9.97. The van der Waals surface area contributed by atoms with Gasteiger partial charge in [-0.15, -0.1) is 11.8 Å². The number of nitrogen functional groups attached to an aromatic ring is 1. The number of allylic oxidation sites excluding steroid dienone is 3. The normalized spacial score (nSPS) is 13.4. The summed E-state index contributed by atoms with van der Waals surface area (Å²) in [7, 11) is 0. The Hall–Kier alpha value is -2.59. The molecule has 4 heteroatoms. The van der Waals surface area contributed by atoms with Crippen LogP contribution in [0.5, 0.6) is 0 Å². The molecule has 0 saturated heterocycles. The first-order valence-corrected chi connectivity index (χ1v) is 10.4. The number of anilines is 1. The van der Waals surface area contributed by atoms with E-state index in [0.717, 1.165) is 28.7 Å². The minimum absolute atomic E-state index is 0.164. The van der Waals surface area contributed by atoms with Crippen molar-refractivity contribution >= 4 is 35.5 Å². The predicted octanol–water partition coefficient (Wildman–Crippen LogP) is 6.69. The van der Waals surface area contributed by atoms with Crippen molar-refractivity contribution < 1.29 is 0 Å². The average molecular weight is 392 g/mol. The van der Waals surface area contributed by atoms with Crippen LogP contribution in [0, 0.1) is 5.41 Å². The number of hydrogen-bond donors (Lipinski definition) is 2. The van der Waals surface area contributed by atoms with Gasteiger partial charge >= 0.3 is 0 Å². The second-order valence-corrected chi connectivity index (χ2v) is 7.82. The zero-order valence-corrected chi connectivity index (χ0v) is 17.9. The number of nitrogens with one attached hydrogen (secondary N) is 1. The number of aryl methyl sites for hydroxylation is 1. The van der Waals surface area contributed by atoms with Crippen molar-refractivity contribution in [3.8, 4) is 0 Å². The van der Waals surface area contributed by atoms with Crippen molar-refractivity contribution in [2.75, 3.05) is 5.73 Å². The lowest BCUT2D eigenvalue weighted by Gasteiger charge is -2.19. The fraction of sp³-hybridized carbons (Fsp3) is 0.250. The van der Waals surface area contributed by atoms with Gasteiger partial charge < -0.3 is 11.1 Å². The fourth-order valence-corrected chi connectivity index (χ4v) is 4.24. The van der Waals surface area contributed by atoms with E-state index in [4.69, 9.17) is 11.1 Å². The molecule has 1 unspecified atom stereocenters. The van der Waals surface area contributed by atoms with Crippen LogP contribution in [0.1, 0.15) is 55.2 Å². The summed E-state index contributed by atoms with van der Waals surface area (Å²) in [5, 5.41) is 7.96. The van der Waals surface area contributed by atoms with Gasteiger partial charge in [-0.25, -0.2) is 0 Å². The molecule has 0 fully saturated rings. The smallest absolute Gasteiger partial charge is 0.0447 e. The van der Waals surface area contributed by atoms with Gasteiger partial charge in [0.2, 0.25) is 0 Å². The van der Waals surface area contributed by atoms with Gasteiger partial charge in [-0.2, -0.15) is 0 Å². The van der Waals surface area contributed by atoms with Crippen LogP contribution in [-0.2, 0) is 6.42 Å². The summed E-state index contributed by atoms with van der Waals surface area (Å²) >= 11 is 1.81. The Balaban J connectivity index is 2.46. The summed E-state index contributed by atoms with van der Waals surface area (Å²) in [6.45, 7) is 8.28. The highest BCUT2D eigenvalue weighted by atomic mass is 32.2. The van der Waals surface area contributed by atoms with Crippen LogP contribution in [0.4, 0.5) is 5.69 Å². The van der Waals surface area contributed by atoms with Crippen molar-refractivity contribution in [1.82, 2.24) is 0 Å². The number of hydrogen-bond acceptors (Lipinski definition) is 4. The monoisotopic (exact) mass is 391 g/mol. The molecule has 0 heterocycles. The van der Waals surface area contributed by atoms with Gasteiger partial charge in [0.05, 0.1) is 0 Å². The van der Waals surface area contributed by atoms with E-state index in [1.54, 1.807) is 6.20 Å². The number of aliphatic imine (C=N–C) groups is 1. The average Bonchev–Trinajstić information content (AvgIpc) is 2.72. The minimum atomic E-state index is 0.164. The highest BCUT2D eigenvalue weighted by Crippen LogP contribution is 2.40. The Morgan fingerprint density at radius 2 is 2.00 bits per heavy atom. The molecule has 2 aromatic rings. The first-order valence-electron chi connectivity index (χ1n) is 9.55. The molecule has 0 saturated carbocycles. The first-order chi connectivity index (χ1) is 13.5. The predicted molar refractivity (Wildman–Crippen MR) is 126 cm³/mol. The topological polar surface area (TPSA) is 62.2 Å². The van der Waals surface area contributed by atoms with E-state index in [9.17, 15) is 0 Å². The molecule has 146 valence electrons. The van der Waals surface area contributed by atoms with Crippen molar-refractivity contribution in [3.05, 3.63) is 77.0 Å². The lowest BCUT2D eigenvalue weighted by Crippen LogP contribution is -2.04. The molecule has 0 radical (unpaired) electrons. The number of nitrogens with two attached hydrogens (primary N) is 1. The molecule has 0 bridgehead atoms. The molecule has 0 aromatic heterocycles. The lowest BCUT2D eigenvalue weighted by molar-refractivity contribution is 1.06. The van der Waals surface area contributed by atoms with E-state index in [-0.39, 0.29) is 5.25 Å². The molecule has 2 rings (SSSR count). The Morgan fingerprint density at radius 1 is 1.25 bits per heavy atom. The zero-order chi connectivity index (χ0) is 20.5. The van der Waals surface area contributed by atoms with Crippen LogP contribution in [0.15, 0.2) is 64.6 Å². The Morgan fingerprint density at radius 3 is 2.64 bits per heavy atom. The van der Waals surface area contributed by atoms with Crippen molar-refractivity contribution in [2.24, 2.45) is 4.99 Å². The molecule has 3 nitrogen and oxygen atoms in total. The zero-order valence-electron chi connectivity index (χ0n) is 17.1. The van der Waals surface area contributed by atoms with E-state index < -0.39 is 0 Å². The minimum Gasteiger partial charge on any atom is -0.398 e. The molecule has 28 heavy (non-hydrogen) atoms. The summed E-state index contributed by atoms with van der Waals surface area (Å²) in [5.41, 5.74) is 12.3. The second kappa shape index (κ2) is 10.7.